The van der Waals surface area contributed by atoms with Gasteiger partial charge >= 0.3 is 0 Å². The summed E-state index contributed by atoms with van der Waals surface area (Å²) in [6.07, 6.45) is 1.98. The van der Waals surface area contributed by atoms with Crippen LogP contribution in [0.25, 0.3) is 0 Å². The Balaban J connectivity index is 0.000000291. The van der Waals surface area contributed by atoms with Gasteiger partial charge < -0.3 is 10.5 Å². The van der Waals surface area contributed by atoms with E-state index in [9.17, 15) is 4.79 Å². The predicted molar refractivity (Wildman–Crippen MR) is 33.7 cm³/mol. The highest BCUT2D eigenvalue weighted by Crippen LogP contribution is 2.44. The Morgan fingerprint density at radius 3 is 1.89 bits per heavy atom. The molecule has 52 valence electrons. The molecule has 2 N–H and O–H groups in total. The smallest absolute Gasteiger partial charge is 0.223 e. The minimum absolute atomic E-state index is 0.111. The van der Waals surface area contributed by atoms with Gasteiger partial charge in [0.1, 0.15) is 6.79 Å². The average molecular weight is 129 g/mol. The maximum Gasteiger partial charge on any atom is 0.223 e. The van der Waals surface area contributed by atoms with Crippen LogP contribution >= 0.6 is 0 Å². The molecule has 1 amide bonds. The quantitative estimate of drug-likeness (QED) is 0.545. The fourth-order valence-corrected chi connectivity index (χ4v) is 0.434. The van der Waals surface area contributed by atoms with Crippen LogP contribution in [0.15, 0.2) is 0 Å². The monoisotopic (exact) mass is 129 g/mol. The normalized spacial score (nSPS) is 19.2. The van der Waals surface area contributed by atoms with Crippen molar-refractivity contribution in [2.75, 3.05) is 0 Å². The van der Waals surface area contributed by atoms with E-state index in [0.29, 0.717) is 0 Å². The molecule has 0 aromatic rings. The zero-order chi connectivity index (χ0) is 7.49. The molecular formula is C6H11NO2. The molecule has 3 nitrogen and oxygen atoms in total. The molecule has 9 heavy (non-hydrogen) atoms. The van der Waals surface area contributed by atoms with Crippen LogP contribution in [0.5, 0.6) is 0 Å². The largest absolute Gasteiger partial charge is 0.369 e. The molecule has 1 aliphatic rings. The third kappa shape index (κ3) is 1.83. The number of rotatable bonds is 1. The van der Waals surface area contributed by atoms with Crippen molar-refractivity contribution in [1.82, 2.24) is 0 Å². The van der Waals surface area contributed by atoms with Crippen LogP contribution in [-0.4, -0.2) is 12.7 Å². The van der Waals surface area contributed by atoms with Crippen LogP contribution in [-0.2, 0) is 9.59 Å². The third-order valence-corrected chi connectivity index (χ3v) is 1.59. The van der Waals surface area contributed by atoms with Gasteiger partial charge in [0.15, 0.2) is 0 Å². The van der Waals surface area contributed by atoms with Crippen molar-refractivity contribution in [2.45, 2.75) is 19.8 Å². The van der Waals surface area contributed by atoms with Crippen molar-refractivity contribution < 1.29 is 9.59 Å². The number of hydrogen-bond donors (Lipinski definition) is 1. The van der Waals surface area contributed by atoms with Gasteiger partial charge in [-0.1, -0.05) is 6.92 Å². The Hall–Kier alpha value is -0.860. The number of primary amides is 1. The standard InChI is InChI=1S/C5H9NO.CH2O/c1-5(2-3-5)4(6)7;1-2/h2-3H2,1H3,(H2,6,7);1H2. The molecule has 0 atom stereocenters. The first-order chi connectivity index (χ1) is 4.15. The summed E-state index contributed by atoms with van der Waals surface area (Å²) in [5.41, 5.74) is 4.88. The maximum absolute atomic E-state index is 10.3. The van der Waals surface area contributed by atoms with Gasteiger partial charge in [0.05, 0.1) is 0 Å². The van der Waals surface area contributed by atoms with Gasteiger partial charge in [-0.25, -0.2) is 0 Å². The van der Waals surface area contributed by atoms with Gasteiger partial charge in [-0.15, -0.1) is 0 Å². The second-order valence-electron chi connectivity index (χ2n) is 2.42. The molecule has 0 radical (unpaired) electrons. The van der Waals surface area contributed by atoms with Gasteiger partial charge in [-0.2, -0.15) is 0 Å². The highest BCUT2D eigenvalue weighted by Gasteiger charge is 2.43. The number of hydrogen-bond acceptors (Lipinski definition) is 2. The molecule has 1 rings (SSSR count). The molecular weight excluding hydrogens is 118 g/mol. The Morgan fingerprint density at radius 1 is 1.56 bits per heavy atom. The minimum Gasteiger partial charge on any atom is -0.369 e. The van der Waals surface area contributed by atoms with Crippen LogP contribution in [0.3, 0.4) is 0 Å². The van der Waals surface area contributed by atoms with Crippen LogP contribution in [0, 0.1) is 5.41 Å². The van der Waals surface area contributed by atoms with Crippen molar-refractivity contribution in [1.29, 1.82) is 0 Å². The van der Waals surface area contributed by atoms with Gasteiger partial charge in [-0.05, 0) is 12.8 Å². The fourth-order valence-electron chi connectivity index (χ4n) is 0.434. The molecule has 0 aromatic heterocycles. The Kier molecular flexibility index (Phi) is 2.37. The number of carbonyl (C=O) groups is 2. The van der Waals surface area contributed by atoms with E-state index >= 15 is 0 Å². The maximum atomic E-state index is 10.3. The van der Waals surface area contributed by atoms with E-state index in [1.165, 1.54) is 0 Å². The molecule has 0 aliphatic heterocycles. The summed E-state index contributed by atoms with van der Waals surface area (Å²) in [7, 11) is 0. The van der Waals surface area contributed by atoms with Gasteiger partial charge in [0, 0.05) is 5.41 Å². The van der Waals surface area contributed by atoms with E-state index in [0.717, 1.165) is 12.8 Å². The molecule has 0 spiro atoms. The zero-order valence-corrected chi connectivity index (χ0v) is 5.52. The first kappa shape index (κ1) is 8.14. The molecule has 1 saturated carbocycles. The molecule has 3 heteroatoms. The lowest BCUT2D eigenvalue weighted by atomic mass is 10.1. The summed E-state index contributed by atoms with van der Waals surface area (Å²) in [6.45, 7) is 3.90. The summed E-state index contributed by atoms with van der Waals surface area (Å²) >= 11 is 0. The van der Waals surface area contributed by atoms with E-state index in [4.69, 9.17) is 10.5 Å². The van der Waals surface area contributed by atoms with Gasteiger partial charge in [0.2, 0.25) is 5.91 Å². The summed E-state index contributed by atoms with van der Waals surface area (Å²) in [5, 5.41) is 0. The molecule has 0 saturated heterocycles. The van der Waals surface area contributed by atoms with E-state index in [1.807, 2.05) is 13.7 Å². The fraction of sp³-hybridized carbons (Fsp3) is 0.667. The zero-order valence-electron chi connectivity index (χ0n) is 5.52. The second-order valence-corrected chi connectivity index (χ2v) is 2.42. The molecule has 1 aliphatic carbocycles. The molecule has 0 aromatic carbocycles. The van der Waals surface area contributed by atoms with Crippen molar-refractivity contribution in [3.8, 4) is 0 Å². The van der Waals surface area contributed by atoms with Gasteiger partial charge in [-0.3, -0.25) is 4.79 Å². The molecule has 0 bridgehead atoms. The molecule has 0 unspecified atom stereocenters. The van der Waals surface area contributed by atoms with E-state index in [1.54, 1.807) is 0 Å². The summed E-state index contributed by atoms with van der Waals surface area (Å²) in [6, 6.07) is 0. The SMILES string of the molecule is C=O.CC1(C(N)=O)CC1. The first-order valence-electron chi connectivity index (χ1n) is 2.74. The Bertz CT molecular complexity index is 118. The van der Waals surface area contributed by atoms with Crippen LogP contribution < -0.4 is 5.73 Å². The average Bonchev–Trinajstić information content (AvgIpc) is 2.55. The number of carbonyl (C=O) groups excluding carboxylic acids is 2. The third-order valence-electron chi connectivity index (χ3n) is 1.59. The Morgan fingerprint density at radius 2 is 1.89 bits per heavy atom. The number of nitrogens with two attached hydrogens (primary N) is 1. The lowest BCUT2D eigenvalue weighted by Gasteiger charge is -1.96. The first-order valence-corrected chi connectivity index (χ1v) is 2.74. The van der Waals surface area contributed by atoms with E-state index < -0.39 is 0 Å². The van der Waals surface area contributed by atoms with Crippen LogP contribution in [0.4, 0.5) is 0 Å². The lowest BCUT2D eigenvalue weighted by molar-refractivity contribution is -0.122. The van der Waals surface area contributed by atoms with Crippen molar-refractivity contribution >= 4 is 12.7 Å². The Labute approximate surface area is 54.2 Å². The van der Waals surface area contributed by atoms with Crippen LogP contribution in [0.2, 0.25) is 0 Å². The van der Waals surface area contributed by atoms with Crippen molar-refractivity contribution in [3.05, 3.63) is 0 Å². The highest BCUT2D eigenvalue weighted by atomic mass is 16.1. The minimum atomic E-state index is -0.146. The molecule has 0 heterocycles. The topological polar surface area (TPSA) is 60.2 Å². The highest BCUT2D eigenvalue weighted by molar-refractivity contribution is 5.82. The molecule has 1 fully saturated rings. The van der Waals surface area contributed by atoms with Crippen LogP contribution in [0.1, 0.15) is 19.8 Å². The summed E-state index contributed by atoms with van der Waals surface area (Å²) < 4.78 is 0. The summed E-state index contributed by atoms with van der Waals surface area (Å²) in [4.78, 5) is 18.3. The van der Waals surface area contributed by atoms with Gasteiger partial charge in [0.25, 0.3) is 0 Å². The number of amides is 1. The van der Waals surface area contributed by atoms with Crippen molar-refractivity contribution in [2.24, 2.45) is 11.1 Å². The van der Waals surface area contributed by atoms with E-state index in [-0.39, 0.29) is 11.3 Å². The van der Waals surface area contributed by atoms with Crippen molar-refractivity contribution in [3.63, 3.8) is 0 Å². The summed E-state index contributed by atoms with van der Waals surface area (Å²) in [5.74, 6) is -0.146. The predicted octanol–water partition coefficient (Wildman–Crippen LogP) is 0.0869. The lowest BCUT2D eigenvalue weighted by Crippen LogP contribution is -2.21. The second kappa shape index (κ2) is 2.62. The van der Waals surface area contributed by atoms with E-state index in [2.05, 4.69) is 0 Å².